The summed E-state index contributed by atoms with van der Waals surface area (Å²) in [6, 6.07) is 6.81. The SMILES string of the molecule is COc1cc(N)cc(Cl)c1NC(=O)COc1c(C)cc(C)cc1Cl. The molecule has 0 atom stereocenters. The van der Waals surface area contributed by atoms with E-state index in [1.807, 2.05) is 19.9 Å². The third-order valence-electron chi connectivity index (χ3n) is 3.28. The van der Waals surface area contributed by atoms with Crippen LogP contribution in [0.4, 0.5) is 11.4 Å². The summed E-state index contributed by atoms with van der Waals surface area (Å²) in [4.78, 5) is 12.2. The summed E-state index contributed by atoms with van der Waals surface area (Å²) in [5.41, 5.74) is 8.36. The fourth-order valence-corrected chi connectivity index (χ4v) is 2.92. The van der Waals surface area contributed by atoms with E-state index >= 15 is 0 Å². The highest BCUT2D eigenvalue weighted by atomic mass is 35.5. The van der Waals surface area contributed by atoms with Crippen molar-refractivity contribution in [1.82, 2.24) is 0 Å². The quantitative estimate of drug-likeness (QED) is 0.774. The number of hydrogen-bond donors (Lipinski definition) is 2. The van der Waals surface area contributed by atoms with Crippen molar-refractivity contribution in [3.8, 4) is 11.5 Å². The Hall–Kier alpha value is -2.11. The topological polar surface area (TPSA) is 73.6 Å². The number of nitrogen functional groups attached to an aromatic ring is 1. The summed E-state index contributed by atoms with van der Waals surface area (Å²) in [5, 5.41) is 3.40. The van der Waals surface area contributed by atoms with Crippen LogP contribution in [0.1, 0.15) is 11.1 Å². The predicted molar refractivity (Wildman–Crippen MR) is 97.5 cm³/mol. The molecule has 1 amide bonds. The number of nitrogens with one attached hydrogen (secondary N) is 1. The number of carbonyl (C=O) groups excluding carboxylic acids is 1. The van der Waals surface area contributed by atoms with Gasteiger partial charge in [-0.05, 0) is 37.1 Å². The van der Waals surface area contributed by atoms with E-state index in [9.17, 15) is 4.79 Å². The van der Waals surface area contributed by atoms with Gasteiger partial charge in [0.05, 0.1) is 17.2 Å². The van der Waals surface area contributed by atoms with Gasteiger partial charge in [0.2, 0.25) is 0 Å². The standard InChI is InChI=1S/C17H18Cl2N2O3/c1-9-4-10(2)17(13(19)5-9)24-8-15(22)21-16-12(18)6-11(20)7-14(16)23-3/h4-7H,8,20H2,1-3H3,(H,21,22). The highest BCUT2D eigenvalue weighted by molar-refractivity contribution is 6.34. The largest absolute Gasteiger partial charge is 0.494 e. The van der Waals surface area contributed by atoms with Crippen molar-refractivity contribution in [2.45, 2.75) is 13.8 Å². The first kappa shape index (κ1) is 18.2. The molecule has 0 aliphatic carbocycles. The Morgan fingerprint density at radius 3 is 2.50 bits per heavy atom. The maximum Gasteiger partial charge on any atom is 0.262 e. The molecule has 2 aromatic carbocycles. The second-order valence-corrected chi connectivity index (χ2v) is 6.12. The normalized spacial score (nSPS) is 10.4. The van der Waals surface area contributed by atoms with Crippen LogP contribution in [0.3, 0.4) is 0 Å². The van der Waals surface area contributed by atoms with E-state index in [4.69, 9.17) is 38.4 Å². The zero-order valence-electron chi connectivity index (χ0n) is 13.6. The van der Waals surface area contributed by atoms with Gasteiger partial charge in [0.1, 0.15) is 17.2 Å². The molecule has 0 unspecified atom stereocenters. The number of carbonyl (C=O) groups is 1. The number of nitrogens with two attached hydrogens (primary N) is 1. The van der Waals surface area contributed by atoms with Crippen LogP contribution in [0.25, 0.3) is 0 Å². The molecule has 0 saturated carbocycles. The maximum absolute atomic E-state index is 12.2. The molecule has 3 N–H and O–H groups in total. The molecule has 0 radical (unpaired) electrons. The second kappa shape index (κ2) is 7.64. The molecule has 0 saturated heterocycles. The second-order valence-electron chi connectivity index (χ2n) is 5.31. The Labute approximate surface area is 150 Å². The first-order valence-corrected chi connectivity index (χ1v) is 7.89. The van der Waals surface area contributed by atoms with Crippen LogP contribution in [-0.4, -0.2) is 19.6 Å². The fraction of sp³-hybridized carbons (Fsp3) is 0.235. The number of benzene rings is 2. The van der Waals surface area contributed by atoms with Crippen molar-refractivity contribution < 1.29 is 14.3 Å². The summed E-state index contributed by atoms with van der Waals surface area (Å²) in [7, 11) is 1.46. The lowest BCUT2D eigenvalue weighted by atomic mass is 10.1. The molecule has 5 nitrogen and oxygen atoms in total. The molecule has 128 valence electrons. The number of aryl methyl sites for hydroxylation is 2. The molecular formula is C17H18Cl2N2O3. The molecule has 0 aliphatic rings. The number of methoxy groups -OCH3 is 1. The number of ether oxygens (including phenoxy) is 2. The lowest BCUT2D eigenvalue weighted by molar-refractivity contribution is -0.118. The number of halogens is 2. The molecule has 0 aliphatic heterocycles. The third kappa shape index (κ3) is 4.24. The van der Waals surface area contributed by atoms with Gasteiger partial charge in [-0.2, -0.15) is 0 Å². The van der Waals surface area contributed by atoms with Crippen LogP contribution >= 0.6 is 23.2 Å². The van der Waals surface area contributed by atoms with E-state index in [0.717, 1.165) is 11.1 Å². The van der Waals surface area contributed by atoms with Crippen LogP contribution in [0, 0.1) is 13.8 Å². The minimum absolute atomic E-state index is 0.215. The summed E-state index contributed by atoms with van der Waals surface area (Å²) in [6.45, 7) is 3.59. The highest BCUT2D eigenvalue weighted by Gasteiger charge is 2.14. The smallest absolute Gasteiger partial charge is 0.262 e. The van der Waals surface area contributed by atoms with E-state index in [1.54, 1.807) is 12.1 Å². The minimum atomic E-state index is -0.393. The van der Waals surface area contributed by atoms with Crippen molar-refractivity contribution in [1.29, 1.82) is 0 Å². The highest BCUT2D eigenvalue weighted by Crippen LogP contribution is 2.35. The first-order valence-electron chi connectivity index (χ1n) is 7.14. The Balaban J connectivity index is 2.10. The van der Waals surface area contributed by atoms with Gasteiger partial charge in [-0.1, -0.05) is 29.3 Å². The van der Waals surface area contributed by atoms with Crippen LogP contribution < -0.4 is 20.5 Å². The monoisotopic (exact) mass is 368 g/mol. The molecule has 24 heavy (non-hydrogen) atoms. The molecule has 2 rings (SSSR count). The number of amides is 1. The Morgan fingerprint density at radius 1 is 1.17 bits per heavy atom. The molecule has 0 fully saturated rings. The molecule has 7 heteroatoms. The lowest BCUT2D eigenvalue weighted by Gasteiger charge is -2.14. The van der Waals surface area contributed by atoms with Gasteiger partial charge in [0.25, 0.3) is 5.91 Å². The molecule has 2 aromatic rings. The van der Waals surface area contributed by atoms with Gasteiger partial charge in [-0.3, -0.25) is 4.79 Å². The van der Waals surface area contributed by atoms with Crippen molar-refractivity contribution >= 4 is 40.5 Å². The Kier molecular flexibility index (Phi) is 5.80. The van der Waals surface area contributed by atoms with E-state index < -0.39 is 5.91 Å². The Morgan fingerprint density at radius 2 is 1.88 bits per heavy atom. The van der Waals surface area contributed by atoms with Crippen molar-refractivity contribution in [2.24, 2.45) is 0 Å². The molecule has 0 bridgehead atoms. The average Bonchev–Trinajstić information content (AvgIpc) is 2.48. The summed E-state index contributed by atoms with van der Waals surface area (Å²) >= 11 is 12.3. The van der Waals surface area contributed by atoms with Crippen molar-refractivity contribution in [2.75, 3.05) is 24.8 Å². The summed E-state index contributed by atoms with van der Waals surface area (Å²) in [6.07, 6.45) is 0. The van der Waals surface area contributed by atoms with Gasteiger partial charge in [0.15, 0.2) is 6.61 Å². The van der Waals surface area contributed by atoms with Gasteiger partial charge in [-0.25, -0.2) is 0 Å². The summed E-state index contributed by atoms with van der Waals surface area (Å²) < 4.78 is 10.7. The van der Waals surface area contributed by atoms with Crippen LogP contribution in [-0.2, 0) is 4.79 Å². The van der Waals surface area contributed by atoms with Gasteiger partial charge >= 0.3 is 0 Å². The number of hydrogen-bond acceptors (Lipinski definition) is 4. The van der Waals surface area contributed by atoms with E-state index in [0.29, 0.717) is 27.9 Å². The van der Waals surface area contributed by atoms with Crippen molar-refractivity contribution in [3.05, 3.63) is 45.4 Å². The van der Waals surface area contributed by atoms with E-state index in [2.05, 4.69) is 5.32 Å². The first-order chi connectivity index (χ1) is 11.3. The van der Waals surface area contributed by atoms with Crippen LogP contribution in [0.2, 0.25) is 10.0 Å². The lowest BCUT2D eigenvalue weighted by Crippen LogP contribution is -2.21. The molecule has 0 heterocycles. The maximum atomic E-state index is 12.2. The van der Waals surface area contributed by atoms with Crippen LogP contribution in [0.5, 0.6) is 11.5 Å². The van der Waals surface area contributed by atoms with Gasteiger partial charge < -0.3 is 20.5 Å². The zero-order valence-corrected chi connectivity index (χ0v) is 15.1. The van der Waals surface area contributed by atoms with Gasteiger partial charge in [0, 0.05) is 11.8 Å². The zero-order chi connectivity index (χ0) is 17.9. The molecule has 0 aromatic heterocycles. The van der Waals surface area contributed by atoms with E-state index in [-0.39, 0.29) is 11.6 Å². The van der Waals surface area contributed by atoms with Crippen LogP contribution in [0.15, 0.2) is 24.3 Å². The molecular weight excluding hydrogens is 351 g/mol. The predicted octanol–water partition coefficient (Wildman–Crippen LogP) is 4.22. The third-order valence-corrected chi connectivity index (χ3v) is 3.86. The number of anilines is 2. The van der Waals surface area contributed by atoms with Crippen molar-refractivity contribution in [3.63, 3.8) is 0 Å². The van der Waals surface area contributed by atoms with E-state index in [1.165, 1.54) is 13.2 Å². The fourth-order valence-electron chi connectivity index (χ4n) is 2.28. The number of rotatable bonds is 5. The minimum Gasteiger partial charge on any atom is -0.494 e. The molecule has 0 spiro atoms. The van der Waals surface area contributed by atoms with Gasteiger partial charge in [-0.15, -0.1) is 0 Å². The summed E-state index contributed by atoms with van der Waals surface area (Å²) in [5.74, 6) is 0.460. The average molecular weight is 369 g/mol. The Bertz CT molecular complexity index is 756.